The van der Waals surface area contributed by atoms with E-state index in [1.165, 1.54) is 5.56 Å². The number of carbonyl (C=O) groups is 2. The molecule has 2 amide bonds. The van der Waals surface area contributed by atoms with Gasteiger partial charge >= 0.3 is 6.09 Å². The monoisotopic (exact) mass is 431 g/mol. The number of ether oxygens (including phenoxy) is 3. The highest BCUT2D eigenvalue weighted by molar-refractivity contribution is 5.80. The number of fused-ring (bicyclic) bond motifs is 1. The molecule has 2 saturated heterocycles. The summed E-state index contributed by atoms with van der Waals surface area (Å²) in [7, 11) is 0. The third kappa shape index (κ3) is 5.42. The van der Waals surface area contributed by atoms with Gasteiger partial charge in [0.05, 0.1) is 5.92 Å². The number of likely N-dealkylation sites (tertiary alicyclic amines) is 1. The second-order valence-electron chi connectivity index (χ2n) is 9.55. The van der Waals surface area contributed by atoms with Crippen molar-refractivity contribution in [2.45, 2.75) is 45.8 Å². The number of piperazine rings is 1. The molecule has 0 bridgehead atoms. The first-order valence-electron chi connectivity index (χ1n) is 11.2. The van der Waals surface area contributed by atoms with Crippen LogP contribution in [0.15, 0.2) is 18.2 Å². The maximum atomic E-state index is 13.1. The molecule has 3 heterocycles. The highest BCUT2D eigenvalue weighted by atomic mass is 16.7. The number of benzene rings is 1. The van der Waals surface area contributed by atoms with Crippen LogP contribution in [0, 0.1) is 5.92 Å². The molecule has 8 heteroatoms. The fourth-order valence-electron chi connectivity index (χ4n) is 4.35. The van der Waals surface area contributed by atoms with E-state index in [9.17, 15) is 9.59 Å². The summed E-state index contributed by atoms with van der Waals surface area (Å²) >= 11 is 0. The Morgan fingerprint density at radius 2 is 1.77 bits per heavy atom. The minimum absolute atomic E-state index is 0.137. The molecule has 0 N–H and O–H groups in total. The Bertz CT molecular complexity index is 814. The summed E-state index contributed by atoms with van der Waals surface area (Å²) in [6.45, 7) is 10.9. The molecule has 3 aliphatic rings. The van der Waals surface area contributed by atoms with Gasteiger partial charge in [-0.3, -0.25) is 9.69 Å². The molecule has 31 heavy (non-hydrogen) atoms. The van der Waals surface area contributed by atoms with Gasteiger partial charge in [0, 0.05) is 45.8 Å². The van der Waals surface area contributed by atoms with Gasteiger partial charge in [0.15, 0.2) is 11.5 Å². The fourth-order valence-corrected chi connectivity index (χ4v) is 4.35. The number of piperidine rings is 1. The largest absolute Gasteiger partial charge is 0.454 e. The van der Waals surface area contributed by atoms with Crippen LogP contribution in [0.25, 0.3) is 0 Å². The summed E-state index contributed by atoms with van der Waals surface area (Å²) < 4.78 is 16.3. The molecule has 8 nitrogen and oxygen atoms in total. The van der Waals surface area contributed by atoms with Crippen molar-refractivity contribution in [2.24, 2.45) is 5.92 Å². The summed E-state index contributed by atoms with van der Waals surface area (Å²) in [5, 5.41) is 0. The van der Waals surface area contributed by atoms with Crippen molar-refractivity contribution in [1.82, 2.24) is 14.7 Å². The zero-order valence-corrected chi connectivity index (χ0v) is 18.8. The molecule has 2 fully saturated rings. The topological polar surface area (TPSA) is 71.6 Å². The Kier molecular flexibility index (Phi) is 6.27. The third-order valence-electron chi connectivity index (χ3n) is 5.95. The van der Waals surface area contributed by atoms with Gasteiger partial charge in [0.25, 0.3) is 0 Å². The van der Waals surface area contributed by atoms with E-state index in [0.29, 0.717) is 26.2 Å². The van der Waals surface area contributed by atoms with Crippen molar-refractivity contribution in [3.05, 3.63) is 23.8 Å². The van der Waals surface area contributed by atoms with Crippen molar-refractivity contribution in [3.8, 4) is 11.5 Å². The first-order chi connectivity index (χ1) is 14.8. The van der Waals surface area contributed by atoms with Crippen LogP contribution in [0.2, 0.25) is 0 Å². The summed E-state index contributed by atoms with van der Waals surface area (Å²) in [4.78, 5) is 31.5. The Hall–Kier alpha value is -2.48. The number of rotatable bonds is 3. The molecule has 0 saturated carbocycles. The van der Waals surface area contributed by atoms with Crippen molar-refractivity contribution >= 4 is 12.0 Å². The van der Waals surface area contributed by atoms with Crippen molar-refractivity contribution < 1.29 is 23.8 Å². The number of amides is 2. The van der Waals surface area contributed by atoms with E-state index < -0.39 is 5.60 Å². The average Bonchev–Trinajstić information content (AvgIpc) is 3.20. The van der Waals surface area contributed by atoms with Gasteiger partial charge in [0.2, 0.25) is 12.7 Å². The first kappa shape index (κ1) is 21.7. The van der Waals surface area contributed by atoms with E-state index in [-0.39, 0.29) is 24.7 Å². The van der Waals surface area contributed by atoms with Crippen molar-refractivity contribution in [1.29, 1.82) is 0 Å². The van der Waals surface area contributed by atoms with Crippen LogP contribution < -0.4 is 9.47 Å². The Morgan fingerprint density at radius 3 is 2.52 bits per heavy atom. The lowest BCUT2D eigenvalue weighted by Crippen LogP contribution is -2.53. The summed E-state index contributed by atoms with van der Waals surface area (Å²) in [6.07, 6.45) is 1.34. The van der Waals surface area contributed by atoms with Crippen LogP contribution in [0.3, 0.4) is 0 Å². The van der Waals surface area contributed by atoms with Gasteiger partial charge in [-0.15, -0.1) is 0 Å². The molecule has 0 aromatic heterocycles. The fraction of sp³-hybridized carbons (Fsp3) is 0.652. The smallest absolute Gasteiger partial charge is 0.410 e. The Balaban J connectivity index is 1.26. The van der Waals surface area contributed by atoms with Gasteiger partial charge in [-0.2, -0.15) is 0 Å². The summed E-state index contributed by atoms with van der Waals surface area (Å²) in [6, 6.07) is 6.06. The zero-order chi connectivity index (χ0) is 22.0. The molecule has 170 valence electrons. The van der Waals surface area contributed by atoms with E-state index in [0.717, 1.165) is 44.0 Å². The van der Waals surface area contributed by atoms with Crippen molar-refractivity contribution in [3.63, 3.8) is 0 Å². The number of hydrogen-bond donors (Lipinski definition) is 0. The second kappa shape index (κ2) is 8.94. The normalized spacial score (nSPS) is 21.8. The number of nitrogens with zero attached hydrogens (tertiary/aromatic N) is 3. The maximum absolute atomic E-state index is 13.1. The molecular weight excluding hydrogens is 398 g/mol. The lowest BCUT2D eigenvalue weighted by Gasteiger charge is -2.39. The zero-order valence-electron chi connectivity index (χ0n) is 18.8. The molecule has 1 aromatic rings. The van der Waals surface area contributed by atoms with Gasteiger partial charge in [0.1, 0.15) is 5.60 Å². The Labute approximate surface area is 184 Å². The summed E-state index contributed by atoms with van der Waals surface area (Å²) in [5.41, 5.74) is 0.659. The van der Waals surface area contributed by atoms with E-state index >= 15 is 0 Å². The lowest BCUT2D eigenvalue weighted by molar-refractivity contribution is -0.139. The number of hydrogen-bond acceptors (Lipinski definition) is 6. The van der Waals surface area contributed by atoms with Crippen LogP contribution in [-0.4, -0.2) is 78.4 Å². The van der Waals surface area contributed by atoms with E-state index in [2.05, 4.69) is 11.0 Å². The molecule has 1 atom stereocenters. The minimum atomic E-state index is -0.525. The van der Waals surface area contributed by atoms with Crippen LogP contribution in [0.5, 0.6) is 11.5 Å². The lowest BCUT2D eigenvalue weighted by atomic mass is 9.96. The predicted molar refractivity (Wildman–Crippen MR) is 115 cm³/mol. The van der Waals surface area contributed by atoms with Crippen LogP contribution in [-0.2, 0) is 16.1 Å². The van der Waals surface area contributed by atoms with Gasteiger partial charge in [-0.1, -0.05) is 6.07 Å². The molecule has 0 radical (unpaired) electrons. The van der Waals surface area contributed by atoms with Gasteiger partial charge in [-0.25, -0.2) is 4.79 Å². The molecule has 0 unspecified atom stereocenters. The highest BCUT2D eigenvalue weighted by Gasteiger charge is 2.34. The predicted octanol–water partition coefficient (Wildman–Crippen LogP) is 2.71. The Morgan fingerprint density at radius 1 is 1.03 bits per heavy atom. The van der Waals surface area contributed by atoms with Crippen LogP contribution >= 0.6 is 0 Å². The molecular formula is C23H33N3O5. The van der Waals surface area contributed by atoms with E-state index in [4.69, 9.17) is 14.2 Å². The molecule has 3 aliphatic heterocycles. The highest BCUT2D eigenvalue weighted by Crippen LogP contribution is 2.33. The third-order valence-corrected chi connectivity index (χ3v) is 5.95. The number of carbonyl (C=O) groups excluding carboxylic acids is 2. The second-order valence-corrected chi connectivity index (χ2v) is 9.55. The van der Waals surface area contributed by atoms with Crippen LogP contribution in [0.4, 0.5) is 4.79 Å². The van der Waals surface area contributed by atoms with Crippen molar-refractivity contribution in [2.75, 3.05) is 46.1 Å². The molecule has 1 aromatic carbocycles. The molecule has 0 aliphatic carbocycles. The maximum Gasteiger partial charge on any atom is 0.410 e. The molecule has 4 rings (SSSR count). The standard InChI is InChI=1S/C23H33N3O5/c1-23(2,3)31-22(28)26-8-4-5-18(15-26)21(27)25-11-9-24(10-12-25)14-17-6-7-19-20(13-17)30-16-29-19/h6-7,13,18H,4-5,8-12,14-16H2,1-3H3/t18-/m0/s1. The van der Waals surface area contributed by atoms with Crippen LogP contribution in [0.1, 0.15) is 39.2 Å². The summed E-state index contributed by atoms with van der Waals surface area (Å²) in [5.74, 6) is 1.63. The first-order valence-corrected chi connectivity index (χ1v) is 11.2. The minimum Gasteiger partial charge on any atom is -0.454 e. The average molecular weight is 432 g/mol. The van der Waals surface area contributed by atoms with Gasteiger partial charge < -0.3 is 24.0 Å². The quantitative estimate of drug-likeness (QED) is 0.733. The molecule has 0 spiro atoms. The SMILES string of the molecule is CC(C)(C)OC(=O)N1CCC[C@H](C(=O)N2CCN(Cc3ccc4c(c3)OCO4)CC2)C1. The van der Waals surface area contributed by atoms with Gasteiger partial charge in [-0.05, 0) is 51.3 Å². The van der Waals surface area contributed by atoms with E-state index in [1.54, 1.807) is 4.90 Å². The van der Waals surface area contributed by atoms with E-state index in [1.807, 2.05) is 37.8 Å².